The van der Waals surface area contributed by atoms with Gasteiger partial charge in [-0.25, -0.2) is 9.37 Å². The van der Waals surface area contributed by atoms with E-state index in [1.165, 1.54) is 6.07 Å². The average molecular weight is 338 g/mol. The SMILES string of the molecule is Fc1cc(OCc2nc3ccccc3s2)ccc1Br. The molecule has 0 amide bonds. The van der Waals surface area contributed by atoms with Gasteiger partial charge in [-0.3, -0.25) is 0 Å². The quantitative estimate of drug-likeness (QED) is 0.686. The molecule has 0 unspecified atom stereocenters. The molecule has 0 aliphatic heterocycles. The van der Waals surface area contributed by atoms with Gasteiger partial charge in [0.25, 0.3) is 0 Å². The van der Waals surface area contributed by atoms with Crippen molar-refractivity contribution in [1.29, 1.82) is 0 Å². The summed E-state index contributed by atoms with van der Waals surface area (Å²) in [5.41, 5.74) is 0.966. The molecule has 3 rings (SSSR count). The van der Waals surface area contributed by atoms with Gasteiger partial charge in [-0.2, -0.15) is 0 Å². The van der Waals surface area contributed by atoms with Crippen LogP contribution >= 0.6 is 27.3 Å². The minimum absolute atomic E-state index is 0.332. The molecular weight excluding hydrogens is 329 g/mol. The van der Waals surface area contributed by atoms with Crippen LogP contribution in [0.2, 0.25) is 0 Å². The third-order valence-electron chi connectivity index (χ3n) is 2.59. The Hall–Kier alpha value is -1.46. The van der Waals surface area contributed by atoms with E-state index >= 15 is 0 Å². The Kier molecular flexibility index (Phi) is 3.48. The Morgan fingerprint density at radius 1 is 1.21 bits per heavy atom. The lowest BCUT2D eigenvalue weighted by Crippen LogP contribution is -1.95. The van der Waals surface area contributed by atoms with Crippen LogP contribution in [0.5, 0.6) is 5.75 Å². The fourth-order valence-corrected chi connectivity index (χ4v) is 2.82. The summed E-state index contributed by atoms with van der Waals surface area (Å²) >= 11 is 4.69. The highest BCUT2D eigenvalue weighted by molar-refractivity contribution is 9.10. The van der Waals surface area contributed by atoms with Crippen molar-refractivity contribution in [2.45, 2.75) is 6.61 Å². The average Bonchev–Trinajstić information content (AvgIpc) is 2.83. The van der Waals surface area contributed by atoms with E-state index in [4.69, 9.17) is 4.74 Å². The van der Waals surface area contributed by atoms with Gasteiger partial charge in [-0.05, 0) is 40.2 Å². The molecule has 0 saturated heterocycles. The lowest BCUT2D eigenvalue weighted by Gasteiger charge is -2.04. The van der Waals surface area contributed by atoms with Crippen molar-refractivity contribution in [1.82, 2.24) is 4.98 Å². The van der Waals surface area contributed by atoms with E-state index < -0.39 is 0 Å². The lowest BCUT2D eigenvalue weighted by molar-refractivity contribution is 0.304. The molecule has 19 heavy (non-hydrogen) atoms. The van der Waals surface area contributed by atoms with Gasteiger partial charge < -0.3 is 4.74 Å². The number of ether oxygens (including phenoxy) is 1. The highest BCUT2D eigenvalue weighted by Gasteiger charge is 2.05. The van der Waals surface area contributed by atoms with E-state index in [9.17, 15) is 4.39 Å². The second-order valence-corrected chi connectivity index (χ2v) is 5.91. The number of fused-ring (bicyclic) bond motifs is 1. The fraction of sp³-hybridized carbons (Fsp3) is 0.0714. The van der Waals surface area contributed by atoms with Crippen molar-refractivity contribution >= 4 is 37.5 Å². The van der Waals surface area contributed by atoms with Crippen LogP contribution in [-0.2, 0) is 6.61 Å². The number of halogens is 2. The smallest absolute Gasteiger partial charge is 0.141 e. The van der Waals surface area contributed by atoms with Crippen LogP contribution in [0.25, 0.3) is 10.2 Å². The van der Waals surface area contributed by atoms with Crippen molar-refractivity contribution in [2.75, 3.05) is 0 Å². The van der Waals surface area contributed by atoms with Gasteiger partial charge in [0, 0.05) is 6.07 Å². The number of benzene rings is 2. The molecule has 96 valence electrons. The van der Waals surface area contributed by atoms with E-state index in [1.54, 1.807) is 23.5 Å². The van der Waals surface area contributed by atoms with Crippen molar-refractivity contribution in [3.63, 3.8) is 0 Å². The van der Waals surface area contributed by atoms with Crippen LogP contribution in [-0.4, -0.2) is 4.98 Å². The fourth-order valence-electron chi connectivity index (χ4n) is 1.69. The van der Waals surface area contributed by atoms with Crippen LogP contribution < -0.4 is 4.74 Å². The van der Waals surface area contributed by atoms with Gasteiger partial charge in [-0.1, -0.05) is 12.1 Å². The Morgan fingerprint density at radius 3 is 2.84 bits per heavy atom. The zero-order valence-corrected chi connectivity index (χ0v) is 12.2. The highest BCUT2D eigenvalue weighted by Crippen LogP contribution is 2.24. The predicted octanol–water partition coefficient (Wildman–Crippen LogP) is 4.78. The molecule has 2 aromatic carbocycles. The molecule has 0 aliphatic rings. The van der Waals surface area contributed by atoms with Crippen LogP contribution in [0.4, 0.5) is 4.39 Å². The van der Waals surface area contributed by atoms with Gasteiger partial charge in [-0.15, -0.1) is 11.3 Å². The summed E-state index contributed by atoms with van der Waals surface area (Å²) < 4.78 is 20.4. The molecule has 0 fully saturated rings. The van der Waals surface area contributed by atoms with Gasteiger partial charge >= 0.3 is 0 Å². The summed E-state index contributed by atoms with van der Waals surface area (Å²) in [7, 11) is 0. The van der Waals surface area contributed by atoms with Gasteiger partial charge in [0.2, 0.25) is 0 Å². The predicted molar refractivity (Wildman–Crippen MR) is 78.1 cm³/mol. The maximum Gasteiger partial charge on any atom is 0.141 e. The molecular formula is C14H9BrFNOS. The second kappa shape index (κ2) is 5.27. The van der Waals surface area contributed by atoms with E-state index in [2.05, 4.69) is 20.9 Å². The highest BCUT2D eigenvalue weighted by atomic mass is 79.9. The molecule has 5 heteroatoms. The molecule has 0 atom stereocenters. The first kappa shape index (κ1) is 12.6. The molecule has 0 N–H and O–H groups in total. The van der Waals surface area contributed by atoms with Crippen molar-refractivity contribution in [3.8, 4) is 5.75 Å². The Balaban J connectivity index is 1.76. The molecule has 3 aromatic rings. The van der Waals surface area contributed by atoms with E-state index in [0.29, 0.717) is 16.8 Å². The normalized spacial score (nSPS) is 10.8. The summed E-state index contributed by atoms with van der Waals surface area (Å²) in [5.74, 6) is 0.168. The van der Waals surface area contributed by atoms with Crippen LogP contribution in [0.3, 0.4) is 0 Å². The summed E-state index contributed by atoms with van der Waals surface area (Å²) in [6.07, 6.45) is 0. The standard InChI is InChI=1S/C14H9BrFNOS/c15-10-6-5-9(7-11(10)16)18-8-14-17-12-3-1-2-4-13(12)19-14/h1-7H,8H2. The molecule has 0 radical (unpaired) electrons. The van der Waals surface area contributed by atoms with Crippen LogP contribution in [0.15, 0.2) is 46.9 Å². The van der Waals surface area contributed by atoms with Crippen molar-refractivity contribution < 1.29 is 9.13 Å². The van der Waals surface area contributed by atoms with E-state index in [1.807, 2.05) is 24.3 Å². The zero-order chi connectivity index (χ0) is 13.2. The van der Waals surface area contributed by atoms with Gasteiger partial charge in [0.1, 0.15) is 23.2 Å². The van der Waals surface area contributed by atoms with Crippen molar-refractivity contribution in [2.24, 2.45) is 0 Å². The number of hydrogen-bond donors (Lipinski definition) is 0. The first-order valence-electron chi connectivity index (χ1n) is 5.65. The Morgan fingerprint density at radius 2 is 2.05 bits per heavy atom. The van der Waals surface area contributed by atoms with E-state index in [-0.39, 0.29) is 5.82 Å². The van der Waals surface area contributed by atoms with Crippen molar-refractivity contribution in [3.05, 3.63) is 57.8 Å². The number of hydrogen-bond acceptors (Lipinski definition) is 3. The summed E-state index contributed by atoms with van der Waals surface area (Å²) in [6.45, 7) is 0.348. The third kappa shape index (κ3) is 2.77. The summed E-state index contributed by atoms with van der Waals surface area (Å²) in [5, 5.41) is 0.879. The first-order valence-corrected chi connectivity index (χ1v) is 7.25. The molecule has 1 aromatic heterocycles. The molecule has 0 spiro atoms. The minimum Gasteiger partial charge on any atom is -0.486 e. The van der Waals surface area contributed by atoms with E-state index in [0.717, 1.165) is 15.2 Å². The number of nitrogens with zero attached hydrogens (tertiary/aromatic N) is 1. The van der Waals surface area contributed by atoms with Crippen LogP contribution in [0.1, 0.15) is 5.01 Å². The second-order valence-electron chi connectivity index (χ2n) is 3.94. The summed E-state index contributed by atoms with van der Waals surface area (Å²) in [4.78, 5) is 4.46. The topological polar surface area (TPSA) is 22.1 Å². The first-order chi connectivity index (χ1) is 9.22. The van der Waals surface area contributed by atoms with Gasteiger partial charge in [0.05, 0.1) is 14.7 Å². The minimum atomic E-state index is -0.332. The van der Waals surface area contributed by atoms with Crippen LogP contribution in [0, 0.1) is 5.82 Å². The van der Waals surface area contributed by atoms with Gasteiger partial charge in [0.15, 0.2) is 0 Å². The molecule has 0 aliphatic carbocycles. The number of thiazole rings is 1. The molecule has 2 nitrogen and oxygen atoms in total. The number of para-hydroxylation sites is 1. The summed E-state index contributed by atoms with van der Waals surface area (Å²) in [6, 6.07) is 12.6. The number of rotatable bonds is 3. The largest absolute Gasteiger partial charge is 0.486 e. The molecule has 1 heterocycles. The Labute approximate surface area is 122 Å². The monoisotopic (exact) mass is 337 g/mol. The zero-order valence-electron chi connectivity index (χ0n) is 9.77. The molecule has 0 bridgehead atoms. The maximum absolute atomic E-state index is 13.3. The maximum atomic E-state index is 13.3. The number of aromatic nitrogens is 1. The molecule has 0 saturated carbocycles. The third-order valence-corrected chi connectivity index (χ3v) is 4.24. The Bertz CT molecular complexity index is 695. The lowest BCUT2D eigenvalue weighted by atomic mass is 10.3.